The monoisotopic (exact) mass is 237 g/mol. The van der Waals surface area contributed by atoms with Crippen molar-refractivity contribution in [2.45, 2.75) is 26.4 Å². The molecule has 0 aliphatic rings. The lowest BCUT2D eigenvalue weighted by atomic mass is 9.98. The Kier molecular flexibility index (Phi) is 4.34. The maximum Gasteiger partial charge on any atom is 0.269 e. The van der Waals surface area contributed by atoms with Crippen molar-refractivity contribution in [3.63, 3.8) is 0 Å². The third kappa shape index (κ3) is 3.64. The second-order valence-electron chi connectivity index (χ2n) is 4.19. The van der Waals surface area contributed by atoms with Crippen molar-refractivity contribution in [2.24, 2.45) is 5.92 Å². The van der Waals surface area contributed by atoms with Gasteiger partial charge < -0.3 is 5.11 Å². The van der Waals surface area contributed by atoms with Gasteiger partial charge in [-0.1, -0.05) is 26.0 Å². The molecule has 5 nitrogen and oxygen atoms in total. The third-order valence-corrected chi connectivity index (χ3v) is 2.50. The molecule has 1 atom stereocenters. The van der Waals surface area contributed by atoms with E-state index in [9.17, 15) is 20.0 Å². The van der Waals surface area contributed by atoms with Gasteiger partial charge in [-0.2, -0.15) is 0 Å². The summed E-state index contributed by atoms with van der Waals surface area (Å²) in [5, 5.41) is 20.4. The number of aliphatic hydroxyl groups excluding tert-OH is 1. The molecule has 0 heterocycles. The quantitative estimate of drug-likeness (QED) is 0.629. The number of nitrogens with zero attached hydrogens (tertiary/aromatic N) is 1. The van der Waals surface area contributed by atoms with Crippen LogP contribution in [0.5, 0.6) is 0 Å². The van der Waals surface area contributed by atoms with Crippen LogP contribution in [0.15, 0.2) is 24.3 Å². The molecule has 1 aromatic rings. The van der Waals surface area contributed by atoms with Crippen molar-refractivity contribution in [3.8, 4) is 0 Å². The molecule has 0 spiro atoms. The molecule has 1 rings (SSSR count). The van der Waals surface area contributed by atoms with E-state index in [1.807, 2.05) is 0 Å². The Bertz CT molecular complexity index is 428. The Morgan fingerprint density at radius 3 is 2.65 bits per heavy atom. The number of ketones is 1. The van der Waals surface area contributed by atoms with Crippen molar-refractivity contribution in [3.05, 3.63) is 39.9 Å². The Morgan fingerprint density at radius 2 is 2.12 bits per heavy atom. The molecule has 17 heavy (non-hydrogen) atoms. The minimum Gasteiger partial charge on any atom is -0.388 e. The fourth-order valence-corrected chi connectivity index (χ4v) is 1.39. The highest BCUT2D eigenvalue weighted by Gasteiger charge is 2.17. The largest absolute Gasteiger partial charge is 0.388 e. The van der Waals surface area contributed by atoms with Crippen LogP contribution in [0.25, 0.3) is 0 Å². The Hall–Kier alpha value is -1.75. The van der Waals surface area contributed by atoms with Gasteiger partial charge in [-0.15, -0.1) is 0 Å². The van der Waals surface area contributed by atoms with E-state index in [0.717, 1.165) is 0 Å². The van der Waals surface area contributed by atoms with Crippen LogP contribution in [0, 0.1) is 16.0 Å². The first-order valence-electron chi connectivity index (χ1n) is 5.37. The van der Waals surface area contributed by atoms with Crippen LogP contribution >= 0.6 is 0 Å². The summed E-state index contributed by atoms with van der Waals surface area (Å²) in [6.07, 6.45) is -0.997. The molecule has 0 saturated carbocycles. The van der Waals surface area contributed by atoms with Gasteiger partial charge in [0.25, 0.3) is 5.69 Å². The number of carbonyl (C=O) groups excluding carboxylic acids is 1. The first kappa shape index (κ1) is 13.3. The molecule has 0 fully saturated rings. The lowest BCUT2D eigenvalue weighted by Crippen LogP contribution is -2.12. The van der Waals surface area contributed by atoms with E-state index in [-0.39, 0.29) is 23.8 Å². The van der Waals surface area contributed by atoms with Gasteiger partial charge in [0.05, 0.1) is 11.0 Å². The zero-order valence-corrected chi connectivity index (χ0v) is 9.79. The summed E-state index contributed by atoms with van der Waals surface area (Å²) in [6, 6.07) is 5.71. The summed E-state index contributed by atoms with van der Waals surface area (Å²) >= 11 is 0. The van der Waals surface area contributed by atoms with E-state index in [1.165, 1.54) is 18.2 Å². The van der Waals surface area contributed by atoms with E-state index >= 15 is 0 Å². The molecule has 0 amide bonds. The van der Waals surface area contributed by atoms with Crippen LogP contribution in [0.4, 0.5) is 5.69 Å². The standard InChI is InChI=1S/C12H15NO4/c1-8(2)11(14)7-12(15)9-4-3-5-10(6-9)13(16)17/h3-6,8,12,15H,7H2,1-2H3. The number of Topliss-reactive ketones (excluding diaryl/α,β-unsaturated/α-hetero) is 1. The van der Waals surface area contributed by atoms with Crippen molar-refractivity contribution in [1.29, 1.82) is 0 Å². The minimum absolute atomic E-state index is 0.0150. The van der Waals surface area contributed by atoms with Crippen molar-refractivity contribution in [2.75, 3.05) is 0 Å². The first-order chi connectivity index (χ1) is 7.91. The summed E-state index contributed by atoms with van der Waals surface area (Å²) in [4.78, 5) is 21.5. The Morgan fingerprint density at radius 1 is 1.47 bits per heavy atom. The molecule has 1 aromatic carbocycles. The predicted molar refractivity (Wildman–Crippen MR) is 62.5 cm³/mol. The number of nitro benzene ring substituents is 1. The molecule has 0 aromatic heterocycles. The molecule has 1 unspecified atom stereocenters. The minimum atomic E-state index is -0.982. The van der Waals surface area contributed by atoms with Gasteiger partial charge in [0.15, 0.2) is 0 Å². The van der Waals surface area contributed by atoms with Crippen molar-refractivity contribution < 1.29 is 14.8 Å². The normalized spacial score (nSPS) is 12.5. The first-order valence-corrected chi connectivity index (χ1v) is 5.37. The van der Waals surface area contributed by atoms with Gasteiger partial charge in [0.2, 0.25) is 0 Å². The SMILES string of the molecule is CC(C)C(=O)CC(O)c1cccc([N+](=O)[O-])c1. The fourth-order valence-electron chi connectivity index (χ4n) is 1.39. The zero-order valence-electron chi connectivity index (χ0n) is 9.79. The summed E-state index contributed by atoms with van der Waals surface area (Å²) in [5.74, 6) is -0.215. The van der Waals surface area contributed by atoms with Crippen LogP contribution in [-0.2, 0) is 4.79 Å². The average Bonchev–Trinajstić information content (AvgIpc) is 2.28. The average molecular weight is 237 g/mol. The highest BCUT2D eigenvalue weighted by molar-refractivity contribution is 5.80. The molecular weight excluding hydrogens is 222 g/mol. The van der Waals surface area contributed by atoms with E-state index < -0.39 is 11.0 Å². The van der Waals surface area contributed by atoms with Crippen molar-refractivity contribution in [1.82, 2.24) is 0 Å². The molecule has 1 N–H and O–H groups in total. The van der Waals surface area contributed by atoms with Gasteiger partial charge in [0.1, 0.15) is 5.78 Å². The van der Waals surface area contributed by atoms with Gasteiger partial charge in [-0.05, 0) is 5.56 Å². The van der Waals surface area contributed by atoms with Gasteiger partial charge in [-0.3, -0.25) is 14.9 Å². The summed E-state index contributed by atoms with van der Waals surface area (Å²) in [7, 11) is 0. The van der Waals surface area contributed by atoms with E-state index in [4.69, 9.17) is 0 Å². The maximum atomic E-state index is 11.5. The lowest BCUT2D eigenvalue weighted by molar-refractivity contribution is -0.385. The summed E-state index contributed by atoms with van der Waals surface area (Å²) < 4.78 is 0. The fraction of sp³-hybridized carbons (Fsp3) is 0.417. The maximum absolute atomic E-state index is 11.5. The molecule has 0 bridgehead atoms. The number of hydrogen-bond acceptors (Lipinski definition) is 4. The van der Waals surface area contributed by atoms with Crippen molar-refractivity contribution >= 4 is 11.5 Å². The van der Waals surface area contributed by atoms with Crippen LogP contribution in [-0.4, -0.2) is 15.8 Å². The smallest absolute Gasteiger partial charge is 0.269 e. The number of aliphatic hydroxyl groups is 1. The number of hydrogen-bond donors (Lipinski definition) is 1. The van der Waals surface area contributed by atoms with Crippen LogP contribution < -0.4 is 0 Å². The molecule has 92 valence electrons. The second kappa shape index (κ2) is 5.54. The van der Waals surface area contributed by atoms with Gasteiger partial charge in [-0.25, -0.2) is 0 Å². The van der Waals surface area contributed by atoms with Crippen LogP contribution in [0.2, 0.25) is 0 Å². The second-order valence-corrected chi connectivity index (χ2v) is 4.19. The van der Waals surface area contributed by atoms with E-state index in [0.29, 0.717) is 5.56 Å². The summed E-state index contributed by atoms with van der Waals surface area (Å²) in [6.45, 7) is 3.50. The third-order valence-electron chi connectivity index (χ3n) is 2.50. The summed E-state index contributed by atoms with van der Waals surface area (Å²) in [5.41, 5.74) is 0.312. The predicted octanol–water partition coefficient (Wildman–Crippen LogP) is 2.24. The number of benzene rings is 1. The number of non-ortho nitro benzene ring substituents is 1. The van der Waals surface area contributed by atoms with Crippen LogP contribution in [0.1, 0.15) is 31.9 Å². The van der Waals surface area contributed by atoms with Crippen LogP contribution in [0.3, 0.4) is 0 Å². The van der Waals surface area contributed by atoms with E-state index in [1.54, 1.807) is 19.9 Å². The van der Waals surface area contributed by atoms with Gasteiger partial charge >= 0.3 is 0 Å². The highest BCUT2D eigenvalue weighted by atomic mass is 16.6. The highest BCUT2D eigenvalue weighted by Crippen LogP contribution is 2.22. The number of rotatable bonds is 5. The zero-order chi connectivity index (χ0) is 13.0. The topological polar surface area (TPSA) is 80.4 Å². The molecule has 0 radical (unpaired) electrons. The molecule has 5 heteroatoms. The molecule has 0 aliphatic heterocycles. The Balaban J connectivity index is 2.82. The molecular formula is C12H15NO4. The Labute approximate surface area is 99.2 Å². The number of nitro groups is 1. The molecule has 0 aliphatic carbocycles. The van der Waals surface area contributed by atoms with Gasteiger partial charge in [0, 0.05) is 24.5 Å². The lowest BCUT2D eigenvalue weighted by Gasteiger charge is -2.11. The van der Waals surface area contributed by atoms with E-state index in [2.05, 4.69) is 0 Å². The number of carbonyl (C=O) groups is 1. The molecule has 0 saturated heterocycles.